The Balaban J connectivity index is 0.000000229. The van der Waals surface area contributed by atoms with Gasteiger partial charge in [0.1, 0.15) is 0 Å². The molecule has 0 nitrogen and oxygen atoms in total. The van der Waals surface area contributed by atoms with E-state index in [0.29, 0.717) is 11.3 Å². The molecule has 1 unspecified atom stereocenters. The van der Waals surface area contributed by atoms with E-state index < -0.39 is 0 Å². The molecule has 4 aliphatic rings. The molecule has 0 N–H and O–H groups in total. The van der Waals surface area contributed by atoms with Crippen LogP contribution >= 0.6 is 0 Å². The average Bonchev–Trinajstić information content (AvgIpc) is 3.72. The summed E-state index contributed by atoms with van der Waals surface area (Å²) in [6.45, 7) is 25.0. The first-order valence-electron chi connectivity index (χ1n) is 17.3. The van der Waals surface area contributed by atoms with Crippen molar-refractivity contribution >= 4 is 14.9 Å². The van der Waals surface area contributed by atoms with Gasteiger partial charge in [-0.1, -0.05) is 117 Å². The molecule has 0 saturated carbocycles. The van der Waals surface area contributed by atoms with Gasteiger partial charge in [-0.3, -0.25) is 12.2 Å². The van der Waals surface area contributed by atoms with E-state index in [9.17, 15) is 4.39 Å². The second-order valence-corrected chi connectivity index (χ2v) is 16.4. The zero-order valence-corrected chi connectivity index (χ0v) is 35.2. The van der Waals surface area contributed by atoms with Crippen molar-refractivity contribution in [2.75, 3.05) is 0 Å². The summed E-state index contributed by atoms with van der Waals surface area (Å²) >= 11 is 1.34. The van der Waals surface area contributed by atoms with Crippen molar-refractivity contribution in [1.82, 2.24) is 0 Å². The van der Waals surface area contributed by atoms with Gasteiger partial charge in [0.2, 0.25) is 0 Å². The zero-order chi connectivity index (χ0) is 34.5. The SMILES string of the molecule is CC1=[C-]C(C)(C)c2cc3c(cc21)-c1cc2c(cc1C3)C(C)(C)C=C2C.CCC1=[C-]C(CC)C=C1C(C)(C)C.Fc1ccc([CH]=[Zr+2])cc1.[Cl-].[Cl-]. The third-order valence-electron chi connectivity index (χ3n) is 10.1. The second kappa shape index (κ2) is 15.6. The molecule has 3 aromatic carbocycles. The number of allylic oxidation sites excluding steroid dienone is 8. The van der Waals surface area contributed by atoms with Crippen molar-refractivity contribution in [3.63, 3.8) is 0 Å². The molecule has 0 bridgehead atoms. The summed E-state index contributed by atoms with van der Waals surface area (Å²) in [6, 6.07) is 16.3. The van der Waals surface area contributed by atoms with Gasteiger partial charge < -0.3 is 24.8 Å². The number of rotatable bonds is 3. The summed E-state index contributed by atoms with van der Waals surface area (Å²) in [5, 5.41) is 0. The average molecular weight is 773 g/mol. The molecular formula is C45H51Cl2FZr-2. The fourth-order valence-electron chi connectivity index (χ4n) is 7.69. The first kappa shape index (κ1) is 41.3. The van der Waals surface area contributed by atoms with E-state index in [2.05, 4.69) is 125 Å². The minimum atomic E-state index is -0.170. The minimum absolute atomic E-state index is 0. The topological polar surface area (TPSA) is 0 Å². The Bertz CT molecular complexity index is 1760. The van der Waals surface area contributed by atoms with E-state index >= 15 is 0 Å². The van der Waals surface area contributed by atoms with Crippen molar-refractivity contribution in [3.8, 4) is 11.1 Å². The van der Waals surface area contributed by atoms with Crippen LogP contribution in [0.25, 0.3) is 22.3 Å². The van der Waals surface area contributed by atoms with Crippen LogP contribution in [-0.2, 0) is 41.5 Å². The largest absolute Gasteiger partial charge is 1.00 e. The molecule has 0 fully saturated rings. The molecule has 0 spiro atoms. The van der Waals surface area contributed by atoms with Gasteiger partial charge in [0.25, 0.3) is 0 Å². The molecule has 0 amide bonds. The Morgan fingerprint density at radius 2 is 1.43 bits per heavy atom. The summed E-state index contributed by atoms with van der Waals surface area (Å²) in [7, 11) is 0. The van der Waals surface area contributed by atoms with Gasteiger partial charge in [-0.05, 0) is 58.4 Å². The standard InChI is InChI=1S/C25H25.C13H21.C7H5F.2ClH.Zr/c1-14-12-24(3,4)22-8-16-7-17-9-23-19(15(2)13-25(23,5)6)11-21(17)20(16)10-18(14)22;1-6-10-8-11(7-2)12(9-10)13(3,4)5;1-6-2-4-7(8)5-3-6;;;/h8-12H,7H2,1-6H3;9-10H,6-7H2,1-5H3;1-5H;2*1H;/q2*-1;;;;+2/p-2. The van der Waals surface area contributed by atoms with Gasteiger partial charge in [-0.15, -0.1) is 11.6 Å². The van der Waals surface area contributed by atoms with Crippen LogP contribution < -0.4 is 24.8 Å². The summed E-state index contributed by atoms with van der Waals surface area (Å²) < 4.78 is 14.2. The Morgan fingerprint density at radius 3 is 1.94 bits per heavy atom. The summed E-state index contributed by atoms with van der Waals surface area (Å²) in [5.41, 5.74) is 18.9. The van der Waals surface area contributed by atoms with Crippen LogP contribution in [0.15, 0.2) is 71.8 Å². The molecule has 7 rings (SSSR count). The minimum Gasteiger partial charge on any atom is -1.00 e. The van der Waals surface area contributed by atoms with Crippen LogP contribution in [0.5, 0.6) is 0 Å². The zero-order valence-electron chi connectivity index (χ0n) is 31.2. The van der Waals surface area contributed by atoms with Crippen molar-refractivity contribution in [2.45, 2.75) is 106 Å². The van der Waals surface area contributed by atoms with Gasteiger partial charge >= 0.3 is 68.0 Å². The maximum absolute atomic E-state index is 12.2. The van der Waals surface area contributed by atoms with E-state index in [1.54, 1.807) is 12.1 Å². The fraction of sp³-hybridized carbons (Fsp3) is 0.400. The molecule has 0 aliphatic heterocycles. The molecule has 4 heteroatoms. The van der Waals surface area contributed by atoms with Crippen molar-refractivity contribution < 1.29 is 53.4 Å². The quantitative estimate of drug-likeness (QED) is 0.221. The molecular weight excluding hydrogens is 722 g/mol. The molecule has 4 aliphatic carbocycles. The van der Waals surface area contributed by atoms with Crippen LogP contribution in [0.2, 0.25) is 0 Å². The molecule has 258 valence electrons. The summed E-state index contributed by atoms with van der Waals surface area (Å²) in [6.07, 6.45) is 15.4. The molecule has 0 heterocycles. The Labute approximate surface area is 323 Å². The van der Waals surface area contributed by atoms with Crippen molar-refractivity contribution in [3.05, 3.63) is 129 Å². The molecule has 0 radical (unpaired) electrons. The van der Waals surface area contributed by atoms with Gasteiger partial charge in [-0.2, -0.15) is 17.2 Å². The van der Waals surface area contributed by atoms with Gasteiger partial charge in [0.05, 0.1) is 0 Å². The number of benzene rings is 3. The van der Waals surface area contributed by atoms with Crippen molar-refractivity contribution in [2.24, 2.45) is 11.3 Å². The monoisotopic (exact) mass is 770 g/mol. The molecule has 1 atom stereocenters. The third kappa shape index (κ3) is 8.51. The van der Waals surface area contributed by atoms with Gasteiger partial charge in [0, 0.05) is 5.41 Å². The number of fused-ring (bicyclic) bond motifs is 5. The molecule has 49 heavy (non-hydrogen) atoms. The van der Waals surface area contributed by atoms with Crippen LogP contribution in [0, 0.1) is 29.3 Å². The van der Waals surface area contributed by atoms with Crippen LogP contribution in [-0.4, -0.2) is 3.71 Å². The normalized spacial score (nSPS) is 18.3. The van der Waals surface area contributed by atoms with Gasteiger partial charge in [0.15, 0.2) is 0 Å². The van der Waals surface area contributed by atoms with Gasteiger partial charge in [-0.25, -0.2) is 11.1 Å². The third-order valence-corrected chi connectivity index (χ3v) is 10.9. The smallest absolute Gasteiger partial charge is 1.00 e. The second-order valence-electron chi connectivity index (χ2n) is 15.7. The van der Waals surface area contributed by atoms with Crippen LogP contribution in [0.1, 0.15) is 128 Å². The Hall–Kier alpha value is -2.12. The first-order valence-corrected chi connectivity index (χ1v) is 18.7. The molecule has 0 aromatic heterocycles. The molecule has 3 aromatic rings. The predicted molar refractivity (Wildman–Crippen MR) is 197 cm³/mol. The van der Waals surface area contributed by atoms with Crippen LogP contribution in [0.3, 0.4) is 0 Å². The van der Waals surface area contributed by atoms with Crippen molar-refractivity contribution in [1.29, 1.82) is 0 Å². The number of hydrogen-bond acceptors (Lipinski definition) is 0. The Kier molecular flexibility index (Phi) is 13.2. The van der Waals surface area contributed by atoms with E-state index in [1.165, 1.54) is 110 Å². The maximum atomic E-state index is 12.2. The van der Waals surface area contributed by atoms with E-state index in [4.69, 9.17) is 0 Å². The number of hydrogen-bond donors (Lipinski definition) is 0. The number of halogens is 3. The van der Waals surface area contributed by atoms with Crippen LogP contribution in [0.4, 0.5) is 4.39 Å². The Morgan fingerprint density at radius 1 is 0.857 bits per heavy atom. The maximum Gasteiger partial charge on any atom is -1.00 e. The predicted octanol–water partition coefficient (Wildman–Crippen LogP) is 6.12. The van der Waals surface area contributed by atoms with E-state index in [1.807, 2.05) is 3.71 Å². The first-order chi connectivity index (χ1) is 22.0. The molecule has 0 saturated heterocycles. The summed E-state index contributed by atoms with van der Waals surface area (Å²) in [4.78, 5) is 0. The fourth-order valence-corrected chi connectivity index (χ4v) is 8.17. The van der Waals surface area contributed by atoms with E-state index in [0.717, 1.165) is 18.4 Å². The van der Waals surface area contributed by atoms with E-state index in [-0.39, 0.29) is 41.5 Å². The summed E-state index contributed by atoms with van der Waals surface area (Å²) in [5.74, 6) is 0.403.